The SMILES string of the molecule is C=C1C(SC)CC(=O)N1CCC(=O)NCC(=O)NC(C)C(=O)Nc1ccc(CC)cc1. The number of benzene rings is 1. The van der Waals surface area contributed by atoms with Crippen molar-refractivity contribution in [1.29, 1.82) is 0 Å². The van der Waals surface area contributed by atoms with Crippen LogP contribution in [0.4, 0.5) is 5.69 Å². The van der Waals surface area contributed by atoms with Gasteiger partial charge in [0.25, 0.3) is 0 Å². The van der Waals surface area contributed by atoms with E-state index in [2.05, 4.69) is 22.5 Å². The Morgan fingerprint density at radius 1 is 1.23 bits per heavy atom. The number of anilines is 1. The number of nitrogens with one attached hydrogen (secondary N) is 3. The normalized spacial score (nSPS) is 16.7. The van der Waals surface area contributed by atoms with Gasteiger partial charge in [0.05, 0.1) is 11.8 Å². The Hall–Kier alpha value is -2.81. The number of hydrogen-bond donors (Lipinski definition) is 3. The van der Waals surface area contributed by atoms with Gasteiger partial charge < -0.3 is 20.9 Å². The second kappa shape index (κ2) is 11.5. The third kappa shape index (κ3) is 7.13. The molecule has 9 heteroatoms. The Morgan fingerprint density at radius 3 is 2.48 bits per heavy atom. The van der Waals surface area contributed by atoms with Gasteiger partial charge in [0.1, 0.15) is 6.04 Å². The second-order valence-electron chi connectivity index (χ2n) is 7.32. The van der Waals surface area contributed by atoms with E-state index < -0.39 is 11.9 Å². The zero-order valence-corrected chi connectivity index (χ0v) is 19.0. The Kier molecular flexibility index (Phi) is 9.11. The molecular weight excluding hydrogens is 416 g/mol. The highest BCUT2D eigenvalue weighted by atomic mass is 32.2. The zero-order chi connectivity index (χ0) is 23.0. The smallest absolute Gasteiger partial charge is 0.246 e. The van der Waals surface area contributed by atoms with Crippen molar-refractivity contribution in [3.05, 3.63) is 42.1 Å². The summed E-state index contributed by atoms with van der Waals surface area (Å²) < 4.78 is 0. The number of rotatable bonds is 10. The van der Waals surface area contributed by atoms with Crippen LogP contribution in [0.5, 0.6) is 0 Å². The Bertz CT molecular complexity index is 840. The highest BCUT2D eigenvalue weighted by molar-refractivity contribution is 7.99. The molecule has 1 saturated heterocycles. The summed E-state index contributed by atoms with van der Waals surface area (Å²) in [6.45, 7) is 7.54. The second-order valence-corrected chi connectivity index (χ2v) is 8.36. The first-order valence-electron chi connectivity index (χ1n) is 10.2. The van der Waals surface area contributed by atoms with Crippen LogP contribution in [0.1, 0.15) is 32.3 Å². The first-order valence-corrected chi connectivity index (χ1v) is 11.5. The van der Waals surface area contributed by atoms with E-state index in [0.29, 0.717) is 17.8 Å². The Morgan fingerprint density at radius 2 is 1.90 bits per heavy atom. The average Bonchev–Trinajstić information content (AvgIpc) is 3.03. The molecule has 0 bridgehead atoms. The number of amides is 4. The molecule has 0 saturated carbocycles. The summed E-state index contributed by atoms with van der Waals surface area (Å²) >= 11 is 1.56. The van der Waals surface area contributed by atoms with Crippen LogP contribution in [0.2, 0.25) is 0 Å². The molecule has 31 heavy (non-hydrogen) atoms. The summed E-state index contributed by atoms with van der Waals surface area (Å²) in [4.78, 5) is 49.9. The lowest BCUT2D eigenvalue weighted by Crippen LogP contribution is -2.46. The van der Waals surface area contributed by atoms with Crippen molar-refractivity contribution in [1.82, 2.24) is 15.5 Å². The van der Waals surface area contributed by atoms with Gasteiger partial charge in [-0.1, -0.05) is 25.6 Å². The van der Waals surface area contributed by atoms with Crippen molar-refractivity contribution in [3.8, 4) is 0 Å². The zero-order valence-electron chi connectivity index (χ0n) is 18.2. The highest BCUT2D eigenvalue weighted by Crippen LogP contribution is 2.30. The molecule has 1 aromatic rings. The minimum absolute atomic E-state index is 0.0425. The summed E-state index contributed by atoms with van der Waals surface area (Å²) in [6.07, 6.45) is 3.30. The largest absolute Gasteiger partial charge is 0.347 e. The van der Waals surface area contributed by atoms with Gasteiger partial charge in [-0.15, -0.1) is 0 Å². The predicted octanol–water partition coefficient (Wildman–Crippen LogP) is 1.68. The fourth-order valence-electron chi connectivity index (χ4n) is 3.12. The highest BCUT2D eigenvalue weighted by Gasteiger charge is 2.32. The number of nitrogens with zero attached hydrogens (tertiary/aromatic N) is 1. The molecule has 1 aromatic carbocycles. The van der Waals surface area contributed by atoms with Gasteiger partial charge in [-0.2, -0.15) is 11.8 Å². The topological polar surface area (TPSA) is 108 Å². The summed E-state index contributed by atoms with van der Waals surface area (Å²) in [7, 11) is 0. The number of carbonyl (C=O) groups excluding carboxylic acids is 4. The van der Waals surface area contributed by atoms with E-state index in [9.17, 15) is 19.2 Å². The maximum Gasteiger partial charge on any atom is 0.246 e. The van der Waals surface area contributed by atoms with Gasteiger partial charge in [0.15, 0.2) is 0 Å². The molecule has 2 unspecified atom stereocenters. The number of aryl methyl sites for hydroxylation is 1. The van der Waals surface area contributed by atoms with Gasteiger partial charge >= 0.3 is 0 Å². The average molecular weight is 447 g/mol. The van der Waals surface area contributed by atoms with Crippen LogP contribution >= 0.6 is 11.8 Å². The van der Waals surface area contributed by atoms with E-state index in [-0.39, 0.29) is 42.5 Å². The van der Waals surface area contributed by atoms with E-state index >= 15 is 0 Å². The molecule has 8 nitrogen and oxygen atoms in total. The number of thioether (sulfide) groups is 1. The predicted molar refractivity (Wildman–Crippen MR) is 122 cm³/mol. The molecular formula is C22H30N4O4S. The molecule has 1 aliphatic heterocycles. The molecule has 0 aliphatic carbocycles. The summed E-state index contributed by atoms with van der Waals surface area (Å²) in [5.41, 5.74) is 2.53. The maximum absolute atomic E-state index is 12.2. The van der Waals surface area contributed by atoms with E-state index in [1.807, 2.05) is 37.4 Å². The van der Waals surface area contributed by atoms with Crippen LogP contribution in [-0.2, 0) is 25.6 Å². The van der Waals surface area contributed by atoms with Crippen molar-refractivity contribution in [2.75, 3.05) is 24.7 Å². The first-order chi connectivity index (χ1) is 14.7. The molecule has 1 heterocycles. The summed E-state index contributed by atoms with van der Waals surface area (Å²) in [5, 5.41) is 7.87. The van der Waals surface area contributed by atoms with E-state index in [0.717, 1.165) is 12.0 Å². The third-order valence-electron chi connectivity index (χ3n) is 5.07. The van der Waals surface area contributed by atoms with Gasteiger partial charge in [0.2, 0.25) is 23.6 Å². The standard InChI is InChI=1S/C22H30N4O4S/c1-5-16-6-8-17(9-7-16)25-22(30)14(2)24-20(28)13-23-19(27)10-11-26-15(3)18(31-4)12-21(26)29/h6-9,14,18H,3,5,10-13H2,1-2,4H3,(H,23,27)(H,24,28)(H,25,30). The lowest BCUT2D eigenvalue weighted by atomic mass is 10.1. The Balaban J connectivity index is 1.70. The number of hydrogen-bond acceptors (Lipinski definition) is 5. The van der Waals surface area contributed by atoms with Gasteiger partial charge in [-0.3, -0.25) is 19.2 Å². The number of likely N-dealkylation sites (tertiary alicyclic amines) is 1. The Labute approximate surface area is 187 Å². The monoisotopic (exact) mass is 446 g/mol. The van der Waals surface area contributed by atoms with Crippen molar-refractivity contribution < 1.29 is 19.2 Å². The van der Waals surface area contributed by atoms with Crippen LogP contribution in [0, 0.1) is 0 Å². The third-order valence-corrected chi connectivity index (χ3v) is 6.08. The van der Waals surface area contributed by atoms with E-state index in [4.69, 9.17) is 0 Å². The summed E-state index contributed by atoms with van der Waals surface area (Å²) in [5.74, 6) is -1.21. The lowest BCUT2D eigenvalue weighted by Gasteiger charge is -2.18. The van der Waals surface area contributed by atoms with Crippen LogP contribution in [-0.4, -0.2) is 59.2 Å². The number of carbonyl (C=O) groups is 4. The minimum Gasteiger partial charge on any atom is -0.347 e. The van der Waals surface area contributed by atoms with E-state index in [1.54, 1.807) is 18.7 Å². The molecule has 0 spiro atoms. The molecule has 3 N–H and O–H groups in total. The fourth-order valence-corrected chi connectivity index (χ4v) is 3.83. The van der Waals surface area contributed by atoms with Crippen LogP contribution in [0.15, 0.2) is 36.5 Å². The molecule has 168 valence electrons. The molecule has 1 aliphatic rings. The van der Waals surface area contributed by atoms with Crippen molar-refractivity contribution >= 4 is 41.1 Å². The van der Waals surface area contributed by atoms with Gasteiger partial charge in [0, 0.05) is 30.8 Å². The van der Waals surface area contributed by atoms with Gasteiger partial charge in [-0.05, 0) is 37.3 Å². The van der Waals surface area contributed by atoms with Crippen molar-refractivity contribution in [2.45, 2.75) is 44.4 Å². The van der Waals surface area contributed by atoms with Crippen molar-refractivity contribution in [3.63, 3.8) is 0 Å². The molecule has 0 radical (unpaired) electrons. The van der Waals surface area contributed by atoms with Crippen LogP contribution in [0.3, 0.4) is 0 Å². The maximum atomic E-state index is 12.2. The lowest BCUT2D eigenvalue weighted by molar-refractivity contribution is -0.129. The van der Waals surface area contributed by atoms with Crippen molar-refractivity contribution in [2.24, 2.45) is 0 Å². The molecule has 2 rings (SSSR count). The first kappa shape index (κ1) is 24.5. The van der Waals surface area contributed by atoms with Gasteiger partial charge in [-0.25, -0.2) is 0 Å². The van der Waals surface area contributed by atoms with Crippen LogP contribution < -0.4 is 16.0 Å². The molecule has 2 atom stereocenters. The fraction of sp³-hybridized carbons (Fsp3) is 0.455. The minimum atomic E-state index is -0.760. The molecule has 1 fully saturated rings. The van der Waals surface area contributed by atoms with E-state index in [1.165, 1.54) is 4.90 Å². The quantitative estimate of drug-likeness (QED) is 0.507. The van der Waals surface area contributed by atoms with Crippen LogP contribution in [0.25, 0.3) is 0 Å². The summed E-state index contributed by atoms with van der Waals surface area (Å²) in [6, 6.07) is 6.73. The molecule has 0 aromatic heterocycles. The molecule has 4 amide bonds.